The third-order valence-corrected chi connectivity index (χ3v) is 2.95. The van der Waals surface area contributed by atoms with Crippen LogP contribution in [0.3, 0.4) is 0 Å². The van der Waals surface area contributed by atoms with Crippen LogP contribution in [0.1, 0.15) is 12.1 Å². The van der Waals surface area contributed by atoms with Gasteiger partial charge in [0.2, 0.25) is 0 Å². The first-order valence-corrected chi connectivity index (χ1v) is 5.90. The van der Waals surface area contributed by atoms with Gasteiger partial charge in [-0.2, -0.15) is 0 Å². The number of aliphatic carboxylic acids is 1. The van der Waals surface area contributed by atoms with Crippen LogP contribution in [-0.4, -0.2) is 26.4 Å². The molecule has 6 nitrogen and oxygen atoms in total. The Bertz CT molecular complexity index is 527. The second-order valence-corrected chi connectivity index (χ2v) is 4.30. The van der Waals surface area contributed by atoms with E-state index in [4.69, 9.17) is 5.11 Å². The first-order chi connectivity index (χ1) is 8.16. The van der Waals surface area contributed by atoms with E-state index in [-0.39, 0.29) is 6.42 Å². The molecule has 0 fully saturated rings. The SMILES string of the molecule is Cc1n[n+](CCC(=O)O)ccc1-c1nncs1. The van der Waals surface area contributed by atoms with Gasteiger partial charge in [-0.3, -0.25) is 4.79 Å². The fourth-order valence-electron chi connectivity index (χ4n) is 1.41. The van der Waals surface area contributed by atoms with E-state index in [9.17, 15) is 4.79 Å². The van der Waals surface area contributed by atoms with Crippen LogP contribution in [0.15, 0.2) is 17.8 Å². The van der Waals surface area contributed by atoms with E-state index in [0.29, 0.717) is 6.54 Å². The summed E-state index contributed by atoms with van der Waals surface area (Å²) in [6, 6.07) is 1.88. The fourth-order valence-corrected chi connectivity index (χ4v) is 2.04. The first-order valence-electron chi connectivity index (χ1n) is 5.02. The zero-order valence-electron chi connectivity index (χ0n) is 9.20. The molecule has 0 radical (unpaired) electrons. The van der Waals surface area contributed by atoms with E-state index in [1.807, 2.05) is 13.0 Å². The maximum absolute atomic E-state index is 10.5. The monoisotopic (exact) mass is 251 g/mol. The Balaban J connectivity index is 2.20. The van der Waals surface area contributed by atoms with Crippen LogP contribution in [0.4, 0.5) is 0 Å². The molecule has 2 aromatic rings. The average molecular weight is 251 g/mol. The lowest BCUT2D eigenvalue weighted by Gasteiger charge is -1.98. The number of carbonyl (C=O) groups is 1. The second-order valence-electron chi connectivity index (χ2n) is 3.47. The highest BCUT2D eigenvalue weighted by molar-refractivity contribution is 7.12. The summed E-state index contributed by atoms with van der Waals surface area (Å²) in [6.07, 6.45) is 1.82. The fraction of sp³-hybridized carbons (Fsp3) is 0.300. The van der Waals surface area contributed by atoms with E-state index in [0.717, 1.165) is 16.3 Å². The number of nitrogens with zero attached hydrogens (tertiary/aromatic N) is 4. The minimum Gasteiger partial charge on any atom is -0.481 e. The molecule has 0 saturated heterocycles. The standard InChI is InChI=1S/C10H10N4O2S/c1-7-8(10-12-11-6-17-10)2-4-14(13-7)5-3-9(15)16/h2,4,6H,3,5H2,1H3/p+1. The molecular formula is C10H11N4O2S+. The molecule has 2 rings (SSSR count). The largest absolute Gasteiger partial charge is 0.481 e. The van der Waals surface area contributed by atoms with Crippen molar-refractivity contribution < 1.29 is 14.6 Å². The molecule has 0 amide bonds. The molecule has 0 aliphatic carbocycles. The van der Waals surface area contributed by atoms with Crippen molar-refractivity contribution in [2.45, 2.75) is 19.9 Å². The van der Waals surface area contributed by atoms with Gasteiger partial charge in [0.25, 0.3) is 0 Å². The highest BCUT2D eigenvalue weighted by Gasteiger charge is 2.12. The highest BCUT2D eigenvalue weighted by Crippen LogP contribution is 2.21. The first kappa shape index (κ1) is 11.6. The molecule has 0 aliphatic heterocycles. The number of carboxylic acids is 1. The van der Waals surface area contributed by atoms with Gasteiger partial charge in [0, 0.05) is 11.6 Å². The molecule has 0 spiro atoms. The van der Waals surface area contributed by atoms with Crippen LogP contribution in [0, 0.1) is 6.92 Å². The number of hydrogen-bond donors (Lipinski definition) is 1. The lowest BCUT2D eigenvalue weighted by atomic mass is 10.2. The Hall–Kier alpha value is -1.89. The Morgan fingerprint density at radius 2 is 2.41 bits per heavy atom. The zero-order valence-corrected chi connectivity index (χ0v) is 10.0. The quantitative estimate of drug-likeness (QED) is 0.808. The van der Waals surface area contributed by atoms with Crippen molar-refractivity contribution in [3.05, 3.63) is 23.5 Å². The molecule has 7 heteroatoms. The van der Waals surface area contributed by atoms with Gasteiger partial charge in [-0.05, 0) is 12.0 Å². The maximum Gasteiger partial charge on any atom is 0.309 e. The van der Waals surface area contributed by atoms with Crippen molar-refractivity contribution >= 4 is 17.3 Å². The molecule has 0 aromatic carbocycles. The molecule has 2 heterocycles. The lowest BCUT2D eigenvalue weighted by molar-refractivity contribution is -0.753. The molecule has 0 atom stereocenters. The van der Waals surface area contributed by atoms with Gasteiger partial charge in [0.15, 0.2) is 12.7 Å². The van der Waals surface area contributed by atoms with Crippen molar-refractivity contribution in [3.8, 4) is 10.6 Å². The van der Waals surface area contributed by atoms with Gasteiger partial charge in [-0.1, -0.05) is 16.0 Å². The Morgan fingerprint density at radius 1 is 1.59 bits per heavy atom. The zero-order chi connectivity index (χ0) is 12.3. The summed E-state index contributed by atoms with van der Waals surface area (Å²) in [6.45, 7) is 2.24. The molecule has 0 unspecified atom stereocenters. The summed E-state index contributed by atoms with van der Waals surface area (Å²) in [5, 5.41) is 21.5. The van der Waals surface area contributed by atoms with E-state index < -0.39 is 5.97 Å². The van der Waals surface area contributed by atoms with Crippen LogP contribution >= 0.6 is 11.3 Å². The molecule has 88 valence electrons. The summed E-state index contributed by atoms with van der Waals surface area (Å²) in [7, 11) is 0. The predicted octanol–water partition coefficient (Wildman–Crippen LogP) is 0.671. The van der Waals surface area contributed by atoms with E-state index in [2.05, 4.69) is 15.3 Å². The Kier molecular flexibility index (Phi) is 3.38. The molecule has 0 saturated carbocycles. The summed E-state index contributed by atoms with van der Waals surface area (Å²) in [5.41, 5.74) is 3.41. The molecular weight excluding hydrogens is 240 g/mol. The predicted molar refractivity (Wildman–Crippen MR) is 60.3 cm³/mol. The molecule has 0 bridgehead atoms. The van der Waals surface area contributed by atoms with Crippen molar-refractivity contribution in [2.24, 2.45) is 0 Å². The van der Waals surface area contributed by atoms with Crippen LogP contribution in [0.2, 0.25) is 0 Å². The number of aromatic nitrogens is 4. The van der Waals surface area contributed by atoms with Gasteiger partial charge in [0.05, 0.1) is 0 Å². The van der Waals surface area contributed by atoms with Crippen LogP contribution in [-0.2, 0) is 11.3 Å². The van der Waals surface area contributed by atoms with Crippen molar-refractivity contribution in [1.82, 2.24) is 15.3 Å². The average Bonchev–Trinajstić information content (AvgIpc) is 2.79. The van der Waals surface area contributed by atoms with Crippen molar-refractivity contribution in [1.29, 1.82) is 0 Å². The molecule has 17 heavy (non-hydrogen) atoms. The highest BCUT2D eigenvalue weighted by atomic mass is 32.1. The van der Waals surface area contributed by atoms with Gasteiger partial charge in [-0.25, -0.2) is 0 Å². The van der Waals surface area contributed by atoms with Gasteiger partial charge in [0.1, 0.15) is 22.6 Å². The van der Waals surface area contributed by atoms with E-state index >= 15 is 0 Å². The van der Waals surface area contributed by atoms with Gasteiger partial charge < -0.3 is 5.11 Å². The second kappa shape index (κ2) is 4.96. The number of rotatable bonds is 4. The summed E-state index contributed by atoms with van der Waals surface area (Å²) >= 11 is 1.45. The van der Waals surface area contributed by atoms with E-state index in [1.165, 1.54) is 11.3 Å². The third-order valence-electron chi connectivity index (χ3n) is 2.23. The number of hydrogen-bond acceptors (Lipinski definition) is 5. The molecule has 1 N–H and O–H groups in total. The normalized spacial score (nSPS) is 10.4. The van der Waals surface area contributed by atoms with Gasteiger partial charge >= 0.3 is 5.97 Å². The van der Waals surface area contributed by atoms with Gasteiger partial charge in [-0.15, -0.1) is 10.2 Å². The summed E-state index contributed by atoms with van der Waals surface area (Å²) in [5.74, 6) is -0.829. The summed E-state index contributed by atoms with van der Waals surface area (Å²) < 4.78 is 1.62. The topological polar surface area (TPSA) is 79.9 Å². The summed E-state index contributed by atoms with van der Waals surface area (Å²) in [4.78, 5) is 10.5. The minimum absolute atomic E-state index is 0.0647. The van der Waals surface area contributed by atoms with Crippen molar-refractivity contribution in [2.75, 3.05) is 0 Å². The number of carboxylic acid groups (broad SMARTS) is 1. The molecule has 0 aliphatic rings. The Morgan fingerprint density at radius 3 is 3.00 bits per heavy atom. The third kappa shape index (κ3) is 2.82. The maximum atomic E-state index is 10.5. The minimum atomic E-state index is -0.829. The molecule has 2 aromatic heterocycles. The van der Waals surface area contributed by atoms with Crippen LogP contribution in [0.25, 0.3) is 10.6 Å². The number of aryl methyl sites for hydroxylation is 2. The van der Waals surface area contributed by atoms with E-state index in [1.54, 1.807) is 16.4 Å². The van der Waals surface area contributed by atoms with Crippen molar-refractivity contribution in [3.63, 3.8) is 0 Å². The smallest absolute Gasteiger partial charge is 0.309 e. The lowest BCUT2D eigenvalue weighted by Crippen LogP contribution is -2.39. The Labute approximate surface area is 102 Å². The van der Waals surface area contributed by atoms with Crippen LogP contribution < -0.4 is 4.68 Å². The van der Waals surface area contributed by atoms with Crippen LogP contribution in [0.5, 0.6) is 0 Å².